The fourth-order valence-corrected chi connectivity index (χ4v) is 5.89. The van der Waals surface area contributed by atoms with Gasteiger partial charge in [-0.3, -0.25) is 9.12 Å². The van der Waals surface area contributed by atoms with Crippen molar-refractivity contribution in [3.8, 4) is 11.1 Å². The molecule has 0 amide bonds. The Morgan fingerprint density at radius 1 is 0.950 bits per heavy atom. The van der Waals surface area contributed by atoms with E-state index in [1.807, 2.05) is 13.8 Å². The van der Waals surface area contributed by atoms with E-state index in [-0.39, 0.29) is 36.5 Å². The molecule has 1 saturated heterocycles. The van der Waals surface area contributed by atoms with Crippen LogP contribution < -0.4 is 9.62 Å². The van der Waals surface area contributed by atoms with Gasteiger partial charge in [0.2, 0.25) is 5.95 Å². The molecular formula is C28H25F3N6O2S. The zero-order chi connectivity index (χ0) is 28.2. The molecule has 206 valence electrons. The van der Waals surface area contributed by atoms with Gasteiger partial charge < -0.3 is 4.90 Å². The van der Waals surface area contributed by atoms with E-state index in [4.69, 9.17) is 0 Å². The molecule has 2 aromatic carbocycles. The van der Waals surface area contributed by atoms with Crippen LogP contribution in [0.5, 0.6) is 0 Å². The highest BCUT2D eigenvalue weighted by molar-refractivity contribution is 7.92. The highest BCUT2D eigenvalue weighted by Crippen LogP contribution is 2.33. The van der Waals surface area contributed by atoms with Crippen molar-refractivity contribution in [1.29, 1.82) is 0 Å². The van der Waals surface area contributed by atoms with E-state index in [0.717, 1.165) is 5.56 Å². The molecule has 1 aliphatic rings. The number of alkyl halides is 2. The Kier molecular flexibility index (Phi) is 6.17. The van der Waals surface area contributed by atoms with Gasteiger partial charge in [0, 0.05) is 49.3 Å². The number of nitrogens with zero attached hydrogens (tertiary/aromatic N) is 5. The van der Waals surface area contributed by atoms with Crippen molar-refractivity contribution in [1.82, 2.24) is 19.4 Å². The van der Waals surface area contributed by atoms with E-state index in [9.17, 15) is 17.2 Å². The van der Waals surface area contributed by atoms with Crippen LogP contribution in [0.4, 0.5) is 24.8 Å². The molecule has 0 unspecified atom stereocenters. The third kappa shape index (κ3) is 4.83. The summed E-state index contributed by atoms with van der Waals surface area (Å²) < 4.78 is 72.2. The first kappa shape index (κ1) is 26.1. The van der Waals surface area contributed by atoms with Crippen molar-refractivity contribution in [3.05, 3.63) is 78.0 Å². The van der Waals surface area contributed by atoms with Gasteiger partial charge in [-0.05, 0) is 49.7 Å². The van der Waals surface area contributed by atoms with E-state index < -0.39 is 21.8 Å². The first-order chi connectivity index (χ1) is 19.0. The summed E-state index contributed by atoms with van der Waals surface area (Å²) in [5, 5.41) is 0.649. The number of benzene rings is 2. The van der Waals surface area contributed by atoms with Crippen LogP contribution in [-0.2, 0) is 10.0 Å². The van der Waals surface area contributed by atoms with Crippen molar-refractivity contribution in [2.45, 2.75) is 37.5 Å². The SMILES string of the molecule is Cc1ccc(S(=O)(=O)Nc2ccc(-c3cc4cnc(N5CCC(F)(F)CC5)nc4n4cc(C)nc34)cc2F)cc1. The zero-order valence-electron chi connectivity index (χ0n) is 21.7. The van der Waals surface area contributed by atoms with Gasteiger partial charge in [-0.15, -0.1) is 0 Å². The van der Waals surface area contributed by atoms with Crippen LogP contribution in [0.15, 0.2) is 65.8 Å². The third-order valence-corrected chi connectivity index (χ3v) is 8.39. The summed E-state index contributed by atoms with van der Waals surface area (Å²) >= 11 is 0. The second kappa shape index (κ2) is 9.47. The molecule has 0 radical (unpaired) electrons. The molecule has 5 aromatic rings. The number of aromatic nitrogens is 4. The van der Waals surface area contributed by atoms with E-state index in [0.29, 0.717) is 39.4 Å². The van der Waals surface area contributed by atoms with E-state index in [1.54, 1.807) is 46.0 Å². The number of imidazole rings is 1. The maximum Gasteiger partial charge on any atom is 0.261 e. The van der Waals surface area contributed by atoms with E-state index >= 15 is 4.39 Å². The Bertz CT molecular complexity index is 1860. The Morgan fingerprint density at radius 3 is 2.38 bits per heavy atom. The Morgan fingerprint density at radius 2 is 1.68 bits per heavy atom. The number of hydrogen-bond acceptors (Lipinski definition) is 6. The number of halogens is 3. The van der Waals surface area contributed by atoms with Crippen LogP contribution >= 0.6 is 0 Å². The van der Waals surface area contributed by atoms with Crippen LogP contribution in [0, 0.1) is 19.7 Å². The summed E-state index contributed by atoms with van der Waals surface area (Å²) in [6, 6.07) is 12.3. The molecule has 0 atom stereocenters. The van der Waals surface area contributed by atoms with Crippen LogP contribution in [0.2, 0.25) is 0 Å². The quantitative estimate of drug-likeness (QED) is 0.292. The molecule has 0 spiro atoms. The maximum absolute atomic E-state index is 15.2. The number of sulfonamides is 1. The fourth-order valence-electron chi connectivity index (χ4n) is 4.82. The van der Waals surface area contributed by atoms with Crippen molar-refractivity contribution >= 4 is 38.3 Å². The molecule has 40 heavy (non-hydrogen) atoms. The van der Waals surface area contributed by atoms with Gasteiger partial charge in [0.05, 0.1) is 16.3 Å². The lowest BCUT2D eigenvalue weighted by atomic mass is 10.0. The van der Waals surface area contributed by atoms with Crippen LogP contribution in [-0.4, -0.2) is 46.8 Å². The van der Waals surface area contributed by atoms with Crippen LogP contribution in [0.1, 0.15) is 24.1 Å². The lowest BCUT2D eigenvalue weighted by Crippen LogP contribution is -2.40. The summed E-state index contributed by atoms with van der Waals surface area (Å²) in [5.41, 5.74) is 3.58. The van der Waals surface area contributed by atoms with Gasteiger partial charge in [0.1, 0.15) is 11.5 Å². The molecule has 0 bridgehead atoms. The van der Waals surface area contributed by atoms with Crippen LogP contribution in [0.25, 0.3) is 27.8 Å². The molecule has 1 fully saturated rings. The highest BCUT2D eigenvalue weighted by atomic mass is 32.2. The number of fused-ring (bicyclic) bond motifs is 3. The van der Waals surface area contributed by atoms with E-state index in [2.05, 4.69) is 19.7 Å². The molecule has 0 aliphatic carbocycles. The second-order valence-electron chi connectivity index (χ2n) is 10.0. The van der Waals surface area contributed by atoms with Crippen molar-refractivity contribution in [2.24, 2.45) is 0 Å². The minimum Gasteiger partial charge on any atom is -0.340 e. The summed E-state index contributed by atoms with van der Waals surface area (Å²) in [6.45, 7) is 3.97. The number of pyridine rings is 1. The average Bonchev–Trinajstić information content (AvgIpc) is 3.31. The number of anilines is 2. The number of aryl methyl sites for hydroxylation is 2. The van der Waals surface area contributed by atoms with Crippen molar-refractivity contribution in [2.75, 3.05) is 22.7 Å². The Balaban J connectivity index is 1.36. The molecule has 12 heteroatoms. The van der Waals surface area contributed by atoms with Gasteiger partial charge in [-0.2, -0.15) is 4.98 Å². The second-order valence-corrected chi connectivity index (χ2v) is 11.7. The fraction of sp³-hybridized carbons (Fsp3) is 0.250. The van der Waals surface area contributed by atoms with Gasteiger partial charge in [0.15, 0.2) is 5.65 Å². The smallest absolute Gasteiger partial charge is 0.261 e. The maximum atomic E-state index is 15.2. The van der Waals surface area contributed by atoms with E-state index in [1.165, 1.54) is 24.3 Å². The first-order valence-electron chi connectivity index (χ1n) is 12.7. The van der Waals surface area contributed by atoms with Gasteiger partial charge in [-0.25, -0.2) is 31.6 Å². The summed E-state index contributed by atoms with van der Waals surface area (Å²) in [4.78, 5) is 15.5. The molecule has 0 saturated carbocycles. The standard InChI is InChI=1S/C28H25F3N6O2S/c1-17-3-6-21(7-4-17)40(38,39)35-24-8-5-19(14-23(24)29)22-13-20-15-32-27(36-11-9-28(30,31)10-12-36)34-25(20)37-16-18(2)33-26(22)37/h3-8,13-16,35H,9-12H2,1-2H3. The Labute approximate surface area is 228 Å². The summed E-state index contributed by atoms with van der Waals surface area (Å²) in [6.07, 6.45) is 2.90. The first-order valence-corrected chi connectivity index (χ1v) is 14.2. The molecule has 1 aliphatic heterocycles. The van der Waals surface area contributed by atoms with Crippen molar-refractivity contribution in [3.63, 3.8) is 0 Å². The number of hydrogen-bond donors (Lipinski definition) is 1. The molecule has 8 nitrogen and oxygen atoms in total. The number of nitrogens with one attached hydrogen (secondary N) is 1. The monoisotopic (exact) mass is 566 g/mol. The topological polar surface area (TPSA) is 92.5 Å². The predicted octanol–water partition coefficient (Wildman–Crippen LogP) is 5.74. The van der Waals surface area contributed by atoms with Gasteiger partial charge in [0.25, 0.3) is 15.9 Å². The predicted molar refractivity (Wildman–Crippen MR) is 147 cm³/mol. The van der Waals surface area contributed by atoms with Gasteiger partial charge >= 0.3 is 0 Å². The molecule has 6 rings (SSSR count). The van der Waals surface area contributed by atoms with Crippen LogP contribution in [0.3, 0.4) is 0 Å². The third-order valence-electron chi connectivity index (χ3n) is 7.01. The molecular weight excluding hydrogens is 541 g/mol. The lowest BCUT2D eigenvalue weighted by Gasteiger charge is -2.31. The zero-order valence-corrected chi connectivity index (χ0v) is 22.5. The normalized spacial score (nSPS) is 15.6. The molecule has 1 N–H and O–H groups in total. The number of rotatable bonds is 5. The summed E-state index contributed by atoms with van der Waals surface area (Å²) in [5.74, 6) is -3.06. The minimum absolute atomic E-state index is 0.0308. The minimum atomic E-state index is -3.98. The number of piperidine rings is 1. The Hall–Kier alpha value is -4.19. The van der Waals surface area contributed by atoms with Gasteiger partial charge in [-0.1, -0.05) is 23.8 Å². The summed E-state index contributed by atoms with van der Waals surface area (Å²) in [7, 11) is -3.98. The van der Waals surface area contributed by atoms with Crippen molar-refractivity contribution < 1.29 is 21.6 Å². The largest absolute Gasteiger partial charge is 0.340 e. The molecule has 4 heterocycles. The average molecular weight is 567 g/mol. The highest BCUT2D eigenvalue weighted by Gasteiger charge is 2.35. The lowest BCUT2D eigenvalue weighted by molar-refractivity contribution is -0.0222. The molecule has 3 aromatic heterocycles.